The van der Waals surface area contributed by atoms with E-state index in [1.54, 1.807) is 0 Å². The van der Waals surface area contributed by atoms with E-state index in [1.165, 1.54) is 35.6 Å². The topological polar surface area (TPSA) is 62.1 Å². The zero-order chi connectivity index (χ0) is 17.4. The van der Waals surface area contributed by atoms with Gasteiger partial charge in [0, 0.05) is 19.2 Å². The summed E-state index contributed by atoms with van der Waals surface area (Å²) < 4.78 is 31.7. The summed E-state index contributed by atoms with van der Waals surface area (Å²) in [6, 6.07) is 9.21. The first-order valence-electron chi connectivity index (χ1n) is 7.45. The molecule has 1 aliphatic rings. The van der Waals surface area contributed by atoms with Crippen molar-refractivity contribution in [3.8, 4) is 17.2 Å². The van der Waals surface area contributed by atoms with Crippen molar-refractivity contribution in [2.75, 3.05) is 13.4 Å². The molecule has 0 unspecified atom stereocenters. The first-order chi connectivity index (χ1) is 12.1. The Bertz CT molecular complexity index is 1020. The van der Waals surface area contributed by atoms with Crippen LogP contribution in [0.15, 0.2) is 41.4 Å². The lowest BCUT2D eigenvalue weighted by Crippen LogP contribution is -2.17. The summed E-state index contributed by atoms with van der Waals surface area (Å²) in [5.41, 5.74) is 0.903. The number of halogens is 1. The normalized spacial score (nSPS) is 13.4. The van der Waals surface area contributed by atoms with Gasteiger partial charge < -0.3 is 18.8 Å². The number of benzene rings is 2. The van der Waals surface area contributed by atoms with Crippen molar-refractivity contribution in [1.29, 1.82) is 0 Å². The van der Waals surface area contributed by atoms with Gasteiger partial charge in [0.1, 0.15) is 11.6 Å². The van der Waals surface area contributed by atoms with E-state index in [2.05, 4.69) is 4.99 Å². The summed E-state index contributed by atoms with van der Waals surface area (Å²) in [5, 5.41) is 0. The number of ether oxygens (including phenoxy) is 3. The Morgan fingerprint density at radius 2 is 2.00 bits per heavy atom. The maximum Gasteiger partial charge on any atom is 0.286 e. The molecule has 1 aromatic heterocycles. The Hall–Kier alpha value is -2.87. The molecule has 3 aromatic rings. The standard InChI is InChI=1S/C17H13FN2O4S/c1-20-12-6-13-14(24-9-23-13)7-15(12)25-17(20)19-16(21)8-22-11-4-2-10(18)3-5-11/h2-7H,8-9H2,1H3. The van der Waals surface area contributed by atoms with Crippen molar-refractivity contribution in [2.24, 2.45) is 12.0 Å². The SMILES string of the molecule is Cn1c(=NC(=O)COc2ccc(F)cc2)sc2cc3c(cc21)OCO3. The molecule has 0 fully saturated rings. The molecule has 1 aliphatic heterocycles. The van der Waals surface area contributed by atoms with Crippen LogP contribution in [0.25, 0.3) is 10.2 Å². The molecule has 1 amide bonds. The van der Waals surface area contributed by atoms with Crippen LogP contribution in [0.4, 0.5) is 4.39 Å². The maximum absolute atomic E-state index is 12.8. The van der Waals surface area contributed by atoms with Gasteiger partial charge in [0.25, 0.3) is 5.91 Å². The second-order valence-electron chi connectivity index (χ2n) is 5.36. The Morgan fingerprint density at radius 1 is 1.28 bits per heavy atom. The molecule has 25 heavy (non-hydrogen) atoms. The molecule has 0 aliphatic carbocycles. The van der Waals surface area contributed by atoms with Gasteiger partial charge in [-0.1, -0.05) is 11.3 Å². The van der Waals surface area contributed by atoms with Gasteiger partial charge in [-0.25, -0.2) is 4.39 Å². The lowest BCUT2D eigenvalue weighted by molar-refractivity contribution is -0.120. The Kier molecular flexibility index (Phi) is 3.89. The zero-order valence-electron chi connectivity index (χ0n) is 13.2. The lowest BCUT2D eigenvalue weighted by Gasteiger charge is -2.02. The minimum Gasteiger partial charge on any atom is -0.484 e. The molecule has 0 saturated carbocycles. The fourth-order valence-corrected chi connectivity index (χ4v) is 3.48. The van der Waals surface area contributed by atoms with Crippen molar-refractivity contribution in [2.45, 2.75) is 0 Å². The summed E-state index contributed by atoms with van der Waals surface area (Å²) in [6.45, 7) is -0.00460. The highest BCUT2D eigenvalue weighted by atomic mass is 32.1. The van der Waals surface area contributed by atoms with Crippen LogP contribution in [0, 0.1) is 5.82 Å². The van der Waals surface area contributed by atoms with E-state index in [4.69, 9.17) is 14.2 Å². The fourth-order valence-electron chi connectivity index (χ4n) is 2.44. The first-order valence-corrected chi connectivity index (χ1v) is 8.27. The number of amides is 1. The first kappa shape index (κ1) is 15.6. The molecule has 2 heterocycles. The van der Waals surface area contributed by atoms with E-state index in [0.29, 0.717) is 22.0 Å². The van der Waals surface area contributed by atoms with Crippen molar-refractivity contribution in [1.82, 2.24) is 4.57 Å². The van der Waals surface area contributed by atoms with Gasteiger partial charge in [-0.2, -0.15) is 4.99 Å². The second-order valence-corrected chi connectivity index (χ2v) is 6.37. The molecular weight excluding hydrogens is 347 g/mol. The minimum atomic E-state index is -0.425. The minimum absolute atomic E-state index is 0.215. The largest absolute Gasteiger partial charge is 0.484 e. The van der Waals surface area contributed by atoms with Gasteiger partial charge in [0.2, 0.25) is 6.79 Å². The number of thiazole rings is 1. The van der Waals surface area contributed by atoms with Gasteiger partial charge in [0.05, 0.1) is 10.2 Å². The summed E-state index contributed by atoms with van der Waals surface area (Å²) in [4.78, 5) is 16.7. The average Bonchev–Trinajstić information content (AvgIpc) is 3.17. The summed E-state index contributed by atoms with van der Waals surface area (Å²) in [5.74, 6) is 0.994. The van der Waals surface area contributed by atoms with Crippen LogP contribution in [0.3, 0.4) is 0 Å². The molecule has 6 nitrogen and oxygen atoms in total. The van der Waals surface area contributed by atoms with Crippen LogP contribution in [-0.2, 0) is 11.8 Å². The van der Waals surface area contributed by atoms with Crippen LogP contribution in [0.5, 0.6) is 17.2 Å². The highest BCUT2D eigenvalue weighted by Crippen LogP contribution is 2.36. The van der Waals surface area contributed by atoms with E-state index < -0.39 is 5.91 Å². The van der Waals surface area contributed by atoms with E-state index in [-0.39, 0.29) is 19.2 Å². The number of aryl methyl sites for hydroxylation is 1. The zero-order valence-corrected chi connectivity index (χ0v) is 14.0. The molecule has 8 heteroatoms. The second kappa shape index (κ2) is 6.21. The maximum atomic E-state index is 12.8. The number of carbonyl (C=O) groups is 1. The Labute approximate surface area is 145 Å². The third kappa shape index (κ3) is 3.08. The van der Waals surface area contributed by atoms with Crippen LogP contribution in [0.1, 0.15) is 0 Å². The smallest absolute Gasteiger partial charge is 0.286 e. The summed E-state index contributed by atoms with van der Waals surface area (Å²) in [7, 11) is 1.83. The third-order valence-corrected chi connectivity index (χ3v) is 4.79. The van der Waals surface area contributed by atoms with Gasteiger partial charge in [0.15, 0.2) is 22.9 Å². The van der Waals surface area contributed by atoms with E-state index in [0.717, 1.165) is 10.2 Å². The average molecular weight is 360 g/mol. The Morgan fingerprint density at radius 3 is 2.76 bits per heavy atom. The Balaban J connectivity index is 1.57. The number of nitrogens with zero attached hydrogens (tertiary/aromatic N) is 2. The van der Waals surface area contributed by atoms with Crippen molar-refractivity contribution >= 4 is 27.5 Å². The predicted molar refractivity (Wildman–Crippen MR) is 89.4 cm³/mol. The molecule has 0 radical (unpaired) electrons. The monoisotopic (exact) mass is 360 g/mol. The van der Waals surface area contributed by atoms with Crippen molar-refractivity contribution in [3.05, 3.63) is 47.0 Å². The highest BCUT2D eigenvalue weighted by molar-refractivity contribution is 7.16. The molecule has 0 bridgehead atoms. The van der Waals surface area contributed by atoms with Crippen LogP contribution in [0.2, 0.25) is 0 Å². The molecule has 128 valence electrons. The van der Waals surface area contributed by atoms with Crippen molar-refractivity contribution < 1.29 is 23.4 Å². The molecule has 0 atom stereocenters. The van der Waals surface area contributed by atoms with E-state index in [1.807, 2.05) is 23.7 Å². The molecule has 0 spiro atoms. The summed E-state index contributed by atoms with van der Waals surface area (Å²) in [6.07, 6.45) is 0. The van der Waals surface area contributed by atoms with Crippen LogP contribution >= 0.6 is 11.3 Å². The van der Waals surface area contributed by atoms with Crippen molar-refractivity contribution in [3.63, 3.8) is 0 Å². The van der Waals surface area contributed by atoms with Crippen LogP contribution < -0.4 is 19.0 Å². The van der Waals surface area contributed by atoms with Crippen LogP contribution in [-0.4, -0.2) is 23.9 Å². The summed E-state index contributed by atoms with van der Waals surface area (Å²) >= 11 is 1.38. The molecule has 4 rings (SSSR count). The fraction of sp³-hybridized carbons (Fsp3) is 0.176. The number of aromatic nitrogens is 1. The molecular formula is C17H13FN2O4S. The number of hydrogen-bond acceptors (Lipinski definition) is 5. The van der Waals surface area contributed by atoms with Gasteiger partial charge in [-0.05, 0) is 24.3 Å². The van der Waals surface area contributed by atoms with Gasteiger partial charge in [-0.15, -0.1) is 0 Å². The lowest BCUT2D eigenvalue weighted by atomic mass is 10.3. The molecule has 2 aromatic carbocycles. The molecule has 0 saturated heterocycles. The molecule has 0 N–H and O–H groups in total. The van der Waals surface area contributed by atoms with E-state index >= 15 is 0 Å². The number of carbonyl (C=O) groups excluding carboxylic acids is 1. The highest BCUT2D eigenvalue weighted by Gasteiger charge is 2.16. The van der Waals surface area contributed by atoms with E-state index in [9.17, 15) is 9.18 Å². The third-order valence-electron chi connectivity index (χ3n) is 3.70. The number of rotatable bonds is 3. The van der Waals surface area contributed by atoms with Gasteiger partial charge >= 0.3 is 0 Å². The number of hydrogen-bond donors (Lipinski definition) is 0. The van der Waals surface area contributed by atoms with Gasteiger partial charge in [-0.3, -0.25) is 4.79 Å². The quantitative estimate of drug-likeness (QED) is 0.720. The number of fused-ring (bicyclic) bond motifs is 2. The predicted octanol–water partition coefficient (Wildman–Crippen LogP) is 2.61.